The lowest BCUT2D eigenvalue weighted by Gasteiger charge is -2.05. The fourth-order valence-corrected chi connectivity index (χ4v) is 0. The number of rotatable bonds is 6. The number of aliphatic hydroxyl groups is 2. The van der Waals surface area contributed by atoms with Crippen molar-refractivity contribution < 1.29 is 10.2 Å². The van der Waals surface area contributed by atoms with Gasteiger partial charge in [-0.3, -0.25) is 0 Å². The summed E-state index contributed by atoms with van der Waals surface area (Å²) in [6, 6.07) is 0. The van der Waals surface area contributed by atoms with Crippen LogP contribution in [0.4, 0.5) is 0 Å². The van der Waals surface area contributed by atoms with E-state index in [0.717, 1.165) is 47.3 Å². The van der Waals surface area contributed by atoms with Gasteiger partial charge in [-0.25, -0.2) is 0 Å². The molecule has 0 saturated carbocycles. The number of aliphatic hydroxyl groups excluding tert-OH is 2. The third-order valence-electron chi connectivity index (χ3n) is 5.03. The second-order valence-corrected chi connectivity index (χ2v) is 19.4. The summed E-state index contributed by atoms with van der Waals surface area (Å²) in [4.78, 5) is 0. The minimum absolute atomic E-state index is 0.306. The highest BCUT2D eigenvalue weighted by atomic mass is 16.3. The molecular weight excluding hydrogens is 597 g/mol. The summed E-state index contributed by atoms with van der Waals surface area (Å²) in [7, 11) is 0. The molecule has 0 fully saturated rings. The Kier molecular flexibility index (Phi) is 86.1. The lowest BCUT2D eigenvalue weighted by Crippen LogP contribution is -1.95. The van der Waals surface area contributed by atoms with Crippen LogP contribution in [0.3, 0.4) is 0 Å². The van der Waals surface area contributed by atoms with Crippen molar-refractivity contribution in [1.82, 2.24) is 0 Å². The number of hydrogen-bond donors (Lipinski definition) is 2. The number of hydrogen-bond acceptors (Lipinski definition) is 2. The van der Waals surface area contributed by atoms with Gasteiger partial charge in [-0.1, -0.05) is 212 Å². The lowest BCUT2D eigenvalue weighted by molar-refractivity contribution is 0.248. The fraction of sp³-hybridized carbons (Fsp3) is 0.957. The smallest absolute Gasteiger partial charge is 0.0453 e. The molecule has 0 atom stereocenters. The van der Waals surface area contributed by atoms with Crippen LogP contribution in [-0.4, -0.2) is 23.4 Å². The lowest BCUT2D eigenvalue weighted by atomic mass is 10.0. The van der Waals surface area contributed by atoms with Gasteiger partial charge in [-0.15, -0.1) is 6.58 Å². The molecule has 0 radical (unpaired) electrons. The Labute approximate surface area is 319 Å². The summed E-state index contributed by atoms with van der Waals surface area (Å²) in [6.45, 7) is 69.0. The summed E-state index contributed by atoms with van der Waals surface area (Å²) in [5.41, 5.74) is 1.67. The first-order chi connectivity index (χ1) is 21.6. The van der Waals surface area contributed by atoms with E-state index >= 15 is 0 Å². The van der Waals surface area contributed by atoms with Crippen molar-refractivity contribution in [3.63, 3.8) is 0 Å². The highest BCUT2D eigenvalue weighted by Gasteiger charge is 1.96. The molecule has 0 saturated heterocycles. The van der Waals surface area contributed by atoms with Crippen molar-refractivity contribution in [2.45, 2.75) is 221 Å². The van der Waals surface area contributed by atoms with Crippen molar-refractivity contribution in [2.24, 2.45) is 64.6 Å². The fourth-order valence-electron chi connectivity index (χ4n) is 0. The van der Waals surface area contributed by atoms with Gasteiger partial charge in [0.1, 0.15) is 0 Å². The van der Waals surface area contributed by atoms with Gasteiger partial charge < -0.3 is 10.2 Å². The Morgan fingerprint density at radius 2 is 0.469 bits per heavy atom. The Balaban J connectivity index is -0.0000000432. The van der Waals surface area contributed by atoms with Crippen molar-refractivity contribution >= 4 is 0 Å². The summed E-state index contributed by atoms with van der Waals surface area (Å²) in [5, 5.41) is 16.3. The van der Waals surface area contributed by atoms with Gasteiger partial charge in [0.05, 0.1) is 0 Å². The molecule has 0 amide bonds. The first-order valence-corrected chi connectivity index (χ1v) is 20.4. The van der Waals surface area contributed by atoms with Gasteiger partial charge in [-0.2, -0.15) is 0 Å². The Morgan fingerprint density at radius 1 is 0.408 bits per heavy atom. The zero-order valence-corrected chi connectivity index (χ0v) is 41.2. The molecular formula is C47H112O2. The highest BCUT2D eigenvalue weighted by Crippen LogP contribution is 2.08. The molecule has 0 heterocycles. The molecule has 0 spiro atoms. The third-order valence-corrected chi connectivity index (χ3v) is 5.03. The van der Waals surface area contributed by atoms with E-state index < -0.39 is 0 Å². The van der Waals surface area contributed by atoms with Crippen molar-refractivity contribution in [1.29, 1.82) is 0 Å². The summed E-state index contributed by atoms with van der Waals surface area (Å²) in [6.07, 6.45) is 2.61. The van der Waals surface area contributed by atoms with Crippen LogP contribution in [0.2, 0.25) is 0 Å². The molecule has 0 unspecified atom stereocenters. The molecule has 0 aliphatic heterocycles. The van der Waals surface area contributed by atoms with E-state index in [1.165, 1.54) is 18.4 Å². The van der Waals surface area contributed by atoms with E-state index in [1.807, 2.05) is 41.5 Å². The molecule has 2 N–H and O–H groups in total. The van der Waals surface area contributed by atoms with E-state index in [1.54, 1.807) is 0 Å². The van der Waals surface area contributed by atoms with Crippen molar-refractivity contribution in [2.75, 3.05) is 13.2 Å². The van der Waals surface area contributed by atoms with Gasteiger partial charge in [0.15, 0.2) is 0 Å². The standard InChI is InChI=1S/2C6H14.3C5H12.2C4H10O.2C4H10.C4H8/c2*1-5(2)6(3)4;1-5(2,3)4;2*1-4-5(2)3;2*1-4(2)3-5;3*1-4(2)3/h2*5-6H,1-4H3;1-4H3;2*5H,4H2,1-3H3;2*4-5H,3H2,1-2H3;2*4H,1-3H3;1H2,2-3H3. The Bertz CT molecular complexity index is 409. The zero-order valence-electron chi connectivity index (χ0n) is 41.2. The summed E-state index contributed by atoms with van der Waals surface area (Å²) in [5.74, 6) is 7.72. The van der Waals surface area contributed by atoms with Crippen LogP contribution in [-0.2, 0) is 0 Å². The van der Waals surface area contributed by atoms with Crippen LogP contribution in [0.25, 0.3) is 0 Å². The average Bonchev–Trinajstić information content (AvgIpc) is 2.88. The largest absolute Gasteiger partial charge is 0.396 e. The predicted octanol–water partition coefficient (Wildman–Crippen LogP) is 16.9. The van der Waals surface area contributed by atoms with E-state index in [4.69, 9.17) is 10.2 Å². The van der Waals surface area contributed by atoms with Crippen molar-refractivity contribution in [3.05, 3.63) is 12.2 Å². The molecule has 2 nitrogen and oxygen atoms in total. The monoisotopic (exact) mass is 709 g/mol. The van der Waals surface area contributed by atoms with Crippen molar-refractivity contribution in [3.8, 4) is 0 Å². The van der Waals surface area contributed by atoms with Crippen LogP contribution in [0.15, 0.2) is 12.2 Å². The molecule has 0 aromatic rings. The predicted molar refractivity (Wildman–Crippen MR) is 240 cm³/mol. The van der Waals surface area contributed by atoms with Crippen LogP contribution in [0.1, 0.15) is 221 Å². The minimum atomic E-state index is 0.306. The average molecular weight is 709 g/mol. The molecule has 312 valence electrons. The molecule has 0 aliphatic carbocycles. The maximum atomic E-state index is 8.14. The van der Waals surface area contributed by atoms with Gasteiger partial charge in [-0.05, 0) is 78.4 Å². The van der Waals surface area contributed by atoms with Crippen LogP contribution >= 0.6 is 0 Å². The zero-order chi connectivity index (χ0) is 42.7. The summed E-state index contributed by atoms with van der Waals surface area (Å²) < 4.78 is 0. The van der Waals surface area contributed by atoms with Crippen LogP contribution in [0, 0.1) is 64.6 Å². The summed E-state index contributed by atoms with van der Waals surface area (Å²) >= 11 is 0. The van der Waals surface area contributed by atoms with E-state index in [9.17, 15) is 0 Å². The second-order valence-electron chi connectivity index (χ2n) is 19.4. The Morgan fingerprint density at radius 3 is 0.469 bits per heavy atom. The van der Waals surface area contributed by atoms with Gasteiger partial charge in [0, 0.05) is 13.2 Å². The first-order valence-electron chi connectivity index (χ1n) is 20.4. The highest BCUT2D eigenvalue weighted by molar-refractivity contribution is 4.78. The quantitative estimate of drug-likeness (QED) is 0.270. The van der Waals surface area contributed by atoms with Crippen LogP contribution < -0.4 is 0 Å². The molecule has 2 heteroatoms. The molecule has 0 rings (SSSR count). The van der Waals surface area contributed by atoms with Gasteiger partial charge >= 0.3 is 0 Å². The second kappa shape index (κ2) is 57.0. The van der Waals surface area contributed by atoms with Gasteiger partial charge in [0.25, 0.3) is 0 Å². The molecule has 0 aromatic heterocycles. The molecule has 0 aromatic carbocycles. The van der Waals surface area contributed by atoms with Gasteiger partial charge in [0.2, 0.25) is 0 Å². The Hall–Kier alpha value is -0.340. The van der Waals surface area contributed by atoms with E-state index in [2.05, 4.69) is 173 Å². The number of allylic oxidation sites excluding steroid dienone is 1. The normalized spacial score (nSPS) is 9.84. The minimum Gasteiger partial charge on any atom is -0.396 e. The third kappa shape index (κ3) is 405. The van der Waals surface area contributed by atoms with E-state index in [0.29, 0.717) is 30.5 Å². The van der Waals surface area contributed by atoms with E-state index in [-0.39, 0.29) is 0 Å². The molecule has 49 heavy (non-hydrogen) atoms. The maximum Gasteiger partial charge on any atom is 0.0453 e. The topological polar surface area (TPSA) is 40.5 Å². The maximum absolute atomic E-state index is 8.14. The SMILES string of the molecule is C=C(C)C.CC(C)(C)C.CC(C)C.CC(C)C.CC(C)C(C)C.CC(C)C(C)C.CC(C)CO.CC(C)CO.CCC(C)C.CCC(C)C. The molecule has 0 bridgehead atoms. The van der Waals surface area contributed by atoms with Crippen LogP contribution in [0.5, 0.6) is 0 Å². The molecule has 0 aliphatic rings. The first kappa shape index (κ1) is 74.0.